The van der Waals surface area contributed by atoms with Gasteiger partial charge in [-0.15, -0.1) is 0 Å². The van der Waals surface area contributed by atoms with Gasteiger partial charge in [0.25, 0.3) is 5.69 Å². The molecule has 20 heavy (non-hydrogen) atoms. The van der Waals surface area contributed by atoms with Gasteiger partial charge in [0.05, 0.1) is 16.2 Å². The number of non-ortho nitro benzene ring substituents is 1. The lowest BCUT2D eigenvalue weighted by atomic mass is 10.1. The third-order valence-corrected chi connectivity index (χ3v) is 3.08. The Morgan fingerprint density at radius 3 is 2.50 bits per heavy atom. The molecule has 106 valence electrons. The van der Waals surface area contributed by atoms with Crippen LogP contribution in [0.25, 0.3) is 0 Å². The fraction of sp³-hybridized carbons (Fsp3) is 0.333. The summed E-state index contributed by atoms with van der Waals surface area (Å²) >= 11 is 0. The Hall–Kier alpha value is -2.64. The van der Waals surface area contributed by atoms with Crippen LogP contribution >= 0.6 is 0 Å². The third-order valence-electron chi connectivity index (χ3n) is 3.08. The highest BCUT2D eigenvalue weighted by atomic mass is 16.6. The highest BCUT2D eigenvalue weighted by Crippen LogP contribution is 2.23. The number of nitrogens with zero attached hydrogens (tertiary/aromatic N) is 2. The first-order valence-electron chi connectivity index (χ1n) is 6.06. The van der Waals surface area contributed by atoms with Crippen LogP contribution in [-0.4, -0.2) is 40.0 Å². The number of hydrogen-bond donors (Lipinski definition) is 2. The number of nitro groups is 1. The van der Waals surface area contributed by atoms with E-state index in [9.17, 15) is 19.7 Å². The molecular formula is C12H13N3O5. The molecule has 0 saturated carbocycles. The van der Waals surface area contributed by atoms with Gasteiger partial charge in [-0.3, -0.25) is 10.1 Å². The van der Waals surface area contributed by atoms with Crippen LogP contribution in [0.4, 0.5) is 16.2 Å². The largest absolute Gasteiger partial charge is 0.478 e. The van der Waals surface area contributed by atoms with Crippen LogP contribution in [0.2, 0.25) is 0 Å². The molecular weight excluding hydrogens is 266 g/mol. The van der Waals surface area contributed by atoms with Crippen LogP contribution in [0.15, 0.2) is 18.2 Å². The van der Waals surface area contributed by atoms with E-state index < -0.39 is 16.9 Å². The second-order valence-corrected chi connectivity index (χ2v) is 4.42. The zero-order valence-corrected chi connectivity index (χ0v) is 10.5. The molecule has 1 aromatic carbocycles. The summed E-state index contributed by atoms with van der Waals surface area (Å²) in [6.45, 7) is 1.20. The van der Waals surface area contributed by atoms with Crippen molar-refractivity contribution in [1.82, 2.24) is 4.90 Å². The Labute approximate surface area is 114 Å². The summed E-state index contributed by atoms with van der Waals surface area (Å²) in [5.41, 5.74) is -0.515. The van der Waals surface area contributed by atoms with Gasteiger partial charge in [-0.05, 0) is 18.9 Å². The second-order valence-electron chi connectivity index (χ2n) is 4.42. The van der Waals surface area contributed by atoms with Crippen LogP contribution in [0.3, 0.4) is 0 Å². The number of aromatic carboxylic acids is 1. The maximum atomic E-state index is 11.9. The van der Waals surface area contributed by atoms with Crippen molar-refractivity contribution in [2.24, 2.45) is 0 Å². The second kappa shape index (κ2) is 5.55. The Morgan fingerprint density at radius 2 is 1.95 bits per heavy atom. The average molecular weight is 279 g/mol. The minimum absolute atomic E-state index is 0.0661. The summed E-state index contributed by atoms with van der Waals surface area (Å²) in [4.78, 5) is 34.6. The Morgan fingerprint density at radius 1 is 1.30 bits per heavy atom. The molecule has 1 aliphatic heterocycles. The van der Waals surface area contributed by atoms with Gasteiger partial charge in [0, 0.05) is 25.2 Å². The molecule has 1 aliphatic rings. The van der Waals surface area contributed by atoms with Gasteiger partial charge in [-0.25, -0.2) is 9.59 Å². The molecule has 0 radical (unpaired) electrons. The van der Waals surface area contributed by atoms with E-state index >= 15 is 0 Å². The van der Waals surface area contributed by atoms with Crippen molar-refractivity contribution in [3.05, 3.63) is 33.9 Å². The molecule has 8 heteroatoms. The fourth-order valence-electron chi connectivity index (χ4n) is 2.05. The molecule has 0 unspecified atom stereocenters. The van der Waals surface area contributed by atoms with E-state index in [2.05, 4.69) is 5.32 Å². The van der Waals surface area contributed by atoms with Crippen LogP contribution in [0, 0.1) is 10.1 Å². The van der Waals surface area contributed by atoms with Crippen molar-refractivity contribution >= 4 is 23.4 Å². The summed E-state index contributed by atoms with van der Waals surface area (Å²) in [5, 5.41) is 22.2. The molecule has 1 aromatic rings. The van der Waals surface area contributed by atoms with E-state index in [1.807, 2.05) is 0 Å². The number of amides is 2. The van der Waals surface area contributed by atoms with Crippen molar-refractivity contribution in [3.8, 4) is 0 Å². The SMILES string of the molecule is O=C(O)c1ccc([N+](=O)[O-])cc1NC(=O)N1CCCC1. The topological polar surface area (TPSA) is 113 Å². The van der Waals surface area contributed by atoms with Gasteiger partial charge in [-0.2, -0.15) is 0 Å². The molecule has 1 heterocycles. The van der Waals surface area contributed by atoms with Crippen LogP contribution in [-0.2, 0) is 0 Å². The van der Waals surface area contributed by atoms with Gasteiger partial charge in [0.1, 0.15) is 0 Å². The number of carboxylic acids is 1. The minimum Gasteiger partial charge on any atom is -0.478 e. The minimum atomic E-state index is -1.25. The lowest BCUT2D eigenvalue weighted by molar-refractivity contribution is -0.384. The Bertz CT molecular complexity index is 566. The zero-order chi connectivity index (χ0) is 14.7. The van der Waals surface area contributed by atoms with Crippen molar-refractivity contribution in [2.45, 2.75) is 12.8 Å². The first kappa shape index (κ1) is 13.8. The van der Waals surface area contributed by atoms with Gasteiger partial charge >= 0.3 is 12.0 Å². The van der Waals surface area contributed by atoms with Crippen molar-refractivity contribution in [1.29, 1.82) is 0 Å². The highest BCUT2D eigenvalue weighted by Gasteiger charge is 2.21. The normalized spacial score (nSPS) is 14.1. The van der Waals surface area contributed by atoms with Gasteiger partial charge in [-0.1, -0.05) is 0 Å². The lowest BCUT2D eigenvalue weighted by Crippen LogP contribution is -2.32. The molecule has 0 aliphatic carbocycles. The molecule has 1 fully saturated rings. The Balaban J connectivity index is 2.27. The molecule has 8 nitrogen and oxygen atoms in total. The first-order valence-corrected chi connectivity index (χ1v) is 6.06. The predicted octanol–water partition coefficient (Wildman–Crippen LogP) is 1.92. The number of likely N-dealkylation sites (tertiary alicyclic amines) is 1. The number of carbonyl (C=O) groups is 2. The maximum absolute atomic E-state index is 11.9. The average Bonchev–Trinajstić information content (AvgIpc) is 2.92. The third kappa shape index (κ3) is 2.85. The van der Waals surface area contributed by atoms with E-state index in [-0.39, 0.29) is 16.9 Å². The quantitative estimate of drug-likeness (QED) is 0.648. The number of hydrogen-bond acceptors (Lipinski definition) is 4. The van der Waals surface area contributed by atoms with Gasteiger partial charge in [0.15, 0.2) is 0 Å². The molecule has 2 N–H and O–H groups in total. The van der Waals surface area contributed by atoms with Crippen molar-refractivity contribution in [2.75, 3.05) is 18.4 Å². The molecule has 0 spiro atoms. The molecule has 2 rings (SSSR count). The van der Waals surface area contributed by atoms with Crippen LogP contribution in [0.1, 0.15) is 23.2 Å². The molecule has 0 aromatic heterocycles. The summed E-state index contributed by atoms with van der Waals surface area (Å²) in [5.74, 6) is -1.25. The van der Waals surface area contributed by atoms with Crippen molar-refractivity contribution < 1.29 is 19.6 Å². The lowest BCUT2D eigenvalue weighted by Gasteiger charge is -2.17. The molecule has 2 amide bonds. The summed E-state index contributed by atoms with van der Waals surface area (Å²) in [6, 6.07) is 2.82. The summed E-state index contributed by atoms with van der Waals surface area (Å²) < 4.78 is 0. The predicted molar refractivity (Wildman–Crippen MR) is 69.9 cm³/mol. The van der Waals surface area contributed by atoms with E-state index in [1.165, 1.54) is 0 Å². The van der Waals surface area contributed by atoms with Crippen molar-refractivity contribution in [3.63, 3.8) is 0 Å². The standard InChI is InChI=1S/C12H13N3O5/c16-11(17)9-4-3-8(15(19)20)7-10(9)13-12(18)14-5-1-2-6-14/h3-4,7H,1-2,5-6H2,(H,13,18)(H,16,17). The number of carboxylic acid groups (broad SMARTS) is 1. The monoisotopic (exact) mass is 279 g/mol. The number of anilines is 1. The Kier molecular flexibility index (Phi) is 3.83. The number of nitro benzene ring substituents is 1. The van der Waals surface area contributed by atoms with Crippen LogP contribution < -0.4 is 5.32 Å². The van der Waals surface area contributed by atoms with E-state index in [0.717, 1.165) is 31.0 Å². The number of carbonyl (C=O) groups excluding carboxylic acids is 1. The number of nitrogens with one attached hydrogen (secondary N) is 1. The number of rotatable bonds is 3. The molecule has 1 saturated heterocycles. The van der Waals surface area contributed by atoms with Crippen LogP contribution in [0.5, 0.6) is 0 Å². The van der Waals surface area contributed by atoms with E-state index in [1.54, 1.807) is 4.90 Å². The number of benzene rings is 1. The number of urea groups is 1. The maximum Gasteiger partial charge on any atom is 0.337 e. The smallest absolute Gasteiger partial charge is 0.337 e. The molecule has 0 atom stereocenters. The zero-order valence-electron chi connectivity index (χ0n) is 10.5. The van der Waals surface area contributed by atoms with Gasteiger partial charge in [0.2, 0.25) is 0 Å². The van der Waals surface area contributed by atoms with Gasteiger partial charge < -0.3 is 15.3 Å². The van der Waals surface area contributed by atoms with E-state index in [0.29, 0.717) is 13.1 Å². The summed E-state index contributed by atoms with van der Waals surface area (Å²) in [6.07, 6.45) is 1.79. The summed E-state index contributed by atoms with van der Waals surface area (Å²) in [7, 11) is 0. The fourth-order valence-corrected chi connectivity index (χ4v) is 2.05. The van der Waals surface area contributed by atoms with E-state index in [4.69, 9.17) is 5.11 Å². The first-order chi connectivity index (χ1) is 9.49. The highest BCUT2D eigenvalue weighted by molar-refractivity contribution is 6.00. The molecule has 0 bridgehead atoms.